The zero-order valence-electron chi connectivity index (χ0n) is 14.8. The lowest BCUT2D eigenvalue weighted by Crippen LogP contribution is -2.53. The quantitative estimate of drug-likeness (QED) is 0.500. The number of nitrogen functional groups attached to an aromatic ring is 1. The number of carbonyl (C=O) groups is 1. The first-order valence-electron chi connectivity index (χ1n) is 8.55. The first-order valence-corrected chi connectivity index (χ1v) is 8.55. The maximum atomic E-state index is 11.5. The molecule has 0 saturated carbocycles. The molecule has 132 valence electrons. The molecule has 1 saturated heterocycles. The van der Waals surface area contributed by atoms with Gasteiger partial charge in [-0.3, -0.25) is 15.2 Å². The van der Waals surface area contributed by atoms with Crippen LogP contribution in [0, 0.1) is 6.92 Å². The lowest BCUT2D eigenvalue weighted by atomic mass is 10.0. The minimum absolute atomic E-state index is 0.321. The summed E-state index contributed by atoms with van der Waals surface area (Å²) in [5, 5.41) is 0. The predicted molar refractivity (Wildman–Crippen MR) is 99.4 cm³/mol. The van der Waals surface area contributed by atoms with E-state index in [4.69, 9.17) is 5.84 Å². The molecule has 0 spiro atoms. The Labute approximate surface area is 148 Å². The van der Waals surface area contributed by atoms with Crippen molar-refractivity contribution in [2.75, 3.05) is 31.6 Å². The summed E-state index contributed by atoms with van der Waals surface area (Å²) in [7, 11) is 2.16. The molecule has 1 unspecified atom stereocenters. The Bertz CT molecular complexity index is 731. The molecule has 2 heterocycles. The second-order valence-corrected chi connectivity index (χ2v) is 6.61. The SMILES string of the molecule is Cc1ccccc1N1CCN(C)CC1Cc1ccc(C(=O)NN)cn1. The standard InChI is InChI=1S/C19H25N5O/c1-14-5-3-4-6-18(14)24-10-9-23(2)13-17(24)11-16-8-7-15(12-21-16)19(25)22-20/h3-8,12,17H,9-11,13,20H2,1-2H3,(H,22,25). The number of nitrogens with two attached hydrogens (primary N) is 1. The van der Waals surface area contributed by atoms with Gasteiger partial charge in [-0.1, -0.05) is 18.2 Å². The summed E-state index contributed by atoms with van der Waals surface area (Å²) in [5.74, 6) is 4.84. The third-order valence-electron chi connectivity index (χ3n) is 4.77. The highest BCUT2D eigenvalue weighted by atomic mass is 16.2. The number of aromatic nitrogens is 1. The fraction of sp³-hybridized carbons (Fsp3) is 0.368. The van der Waals surface area contributed by atoms with Crippen molar-refractivity contribution in [1.82, 2.24) is 15.3 Å². The van der Waals surface area contributed by atoms with E-state index in [1.54, 1.807) is 12.3 Å². The van der Waals surface area contributed by atoms with Crippen LogP contribution in [0.15, 0.2) is 42.6 Å². The van der Waals surface area contributed by atoms with Gasteiger partial charge in [-0.05, 0) is 37.7 Å². The molecule has 1 aliphatic rings. The number of rotatable bonds is 4. The molecule has 1 atom stereocenters. The van der Waals surface area contributed by atoms with E-state index in [-0.39, 0.29) is 5.91 Å². The molecule has 6 nitrogen and oxygen atoms in total. The number of hydrogen-bond acceptors (Lipinski definition) is 5. The van der Waals surface area contributed by atoms with E-state index >= 15 is 0 Å². The topological polar surface area (TPSA) is 74.5 Å². The number of likely N-dealkylation sites (N-methyl/N-ethyl adjacent to an activating group) is 1. The highest BCUT2D eigenvalue weighted by molar-refractivity contribution is 5.93. The first-order chi connectivity index (χ1) is 12.1. The van der Waals surface area contributed by atoms with Gasteiger partial charge in [0, 0.05) is 49.7 Å². The smallest absolute Gasteiger partial charge is 0.266 e. The average Bonchev–Trinajstić information content (AvgIpc) is 2.63. The van der Waals surface area contributed by atoms with E-state index in [0.717, 1.165) is 31.7 Å². The van der Waals surface area contributed by atoms with E-state index in [0.29, 0.717) is 11.6 Å². The molecule has 1 aromatic heterocycles. The van der Waals surface area contributed by atoms with Crippen LogP contribution < -0.4 is 16.2 Å². The lowest BCUT2D eigenvalue weighted by molar-refractivity contribution is 0.0953. The number of benzene rings is 1. The Kier molecular flexibility index (Phi) is 5.31. The van der Waals surface area contributed by atoms with Gasteiger partial charge in [-0.25, -0.2) is 5.84 Å². The van der Waals surface area contributed by atoms with Crippen molar-refractivity contribution >= 4 is 11.6 Å². The van der Waals surface area contributed by atoms with Crippen LogP contribution in [0.4, 0.5) is 5.69 Å². The number of para-hydroxylation sites is 1. The number of hydrazine groups is 1. The van der Waals surface area contributed by atoms with Crippen LogP contribution in [0.5, 0.6) is 0 Å². The predicted octanol–water partition coefficient (Wildman–Crippen LogP) is 1.36. The summed E-state index contributed by atoms with van der Waals surface area (Å²) in [6.45, 7) is 5.19. The minimum Gasteiger partial charge on any atom is -0.365 e. The molecule has 0 bridgehead atoms. The van der Waals surface area contributed by atoms with Crippen molar-refractivity contribution in [2.45, 2.75) is 19.4 Å². The van der Waals surface area contributed by atoms with Gasteiger partial charge in [0.15, 0.2) is 0 Å². The van der Waals surface area contributed by atoms with Crippen LogP contribution in [0.3, 0.4) is 0 Å². The Morgan fingerprint density at radius 1 is 1.28 bits per heavy atom. The van der Waals surface area contributed by atoms with Gasteiger partial charge in [-0.15, -0.1) is 0 Å². The molecule has 1 aromatic carbocycles. The Hall–Kier alpha value is -2.44. The molecule has 3 rings (SSSR count). The molecule has 1 aliphatic heterocycles. The Morgan fingerprint density at radius 2 is 2.08 bits per heavy atom. The molecule has 1 amide bonds. The summed E-state index contributed by atoms with van der Waals surface area (Å²) >= 11 is 0. The molecule has 3 N–H and O–H groups in total. The van der Waals surface area contributed by atoms with Crippen molar-refractivity contribution in [3.63, 3.8) is 0 Å². The van der Waals surface area contributed by atoms with Crippen molar-refractivity contribution in [3.8, 4) is 0 Å². The zero-order chi connectivity index (χ0) is 17.8. The van der Waals surface area contributed by atoms with Gasteiger partial charge in [-0.2, -0.15) is 0 Å². The van der Waals surface area contributed by atoms with Gasteiger partial charge in [0.25, 0.3) is 5.91 Å². The Balaban J connectivity index is 1.80. The van der Waals surface area contributed by atoms with Crippen LogP contribution >= 0.6 is 0 Å². The molecule has 25 heavy (non-hydrogen) atoms. The molecule has 0 aliphatic carbocycles. The van der Waals surface area contributed by atoms with Gasteiger partial charge >= 0.3 is 0 Å². The number of nitrogens with one attached hydrogen (secondary N) is 1. The number of aryl methyl sites for hydroxylation is 1. The summed E-state index contributed by atoms with van der Waals surface area (Å²) in [5.41, 5.74) is 6.17. The van der Waals surface area contributed by atoms with E-state index < -0.39 is 0 Å². The van der Waals surface area contributed by atoms with E-state index in [2.05, 4.69) is 58.4 Å². The second-order valence-electron chi connectivity index (χ2n) is 6.61. The number of amides is 1. The molecule has 6 heteroatoms. The highest BCUT2D eigenvalue weighted by Crippen LogP contribution is 2.25. The maximum absolute atomic E-state index is 11.5. The fourth-order valence-corrected chi connectivity index (χ4v) is 3.39. The number of nitrogens with zero attached hydrogens (tertiary/aromatic N) is 3. The summed E-state index contributed by atoms with van der Waals surface area (Å²) in [6, 6.07) is 12.5. The molecule has 2 aromatic rings. The zero-order valence-corrected chi connectivity index (χ0v) is 14.8. The molecular formula is C19H25N5O. The van der Waals surface area contributed by atoms with Crippen LogP contribution in [-0.2, 0) is 6.42 Å². The largest absolute Gasteiger partial charge is 0.365 e. The first kappa shape index (κ1) is 17.4. The normalized spacial score (nSPS) is 18.2. The lowest BCUT2D eigenvalue weighted by Gasteiger charge is -2.42. The van der Waals surface area contributed by atoms with Gasteiger partial charge in [0.05, 0.1) is 5.56 Å². The third-order valence-corrected chi connectivity index (χ3v) is 4.77. The molecule has 0 radical (unpaired) electrons. The summed E-state index contributed by atoms with van der Waals surface area (Å²) < 4.78 is 0. The summed E-state index contributed by atoms with van der Waals surface area (Å²) in [4.78, 5) is 20.8. The van der Waals surface area contributed by atoms with Crippen molar-refractivity contribution in [3.05, 3.63) is 59.4 Å². The van der Waals surface area contributed by atoms with Gasteiger partial charge < -0.3 is 9.80 Å². The van der Waals surface area contributed by atoms with Crippen LogP contribution in [-0.4, -0.2) is 48.5 Å². The van der Waals surface area contributed by atoms with Crippen LogP contribution in [0.1, 0.15) is 21.6 Å². The van der Waals surface area contributed by atoms with Crippen LogP contribution in [0.25, 0.3) is 0 Å². The number of piperazine rings is 1. The fourth-order valence-electron chi connectivity index (χ4n) is 3.39. The van der Waals surface area contributed by atoms with E-state index in [1.165, 1.54) is 11.3 Å². The van der Waals surface area contributed by atoms with E-state index in [9.17, 15) is 4.79 Å². The van der Waals surface area contributed by atoms with Crippen molar-refractivity contribution < 1.29 is 4.79 Å². The number of anilines is 1. The number of pyridine rings is 1. The van der Waals surface area contributed by atoms with Gasteiger partial charge in [0.1, 0.15) is 0 Å². The van der Waals surface area contributed by atoms with Gasteiger partial charge in [0.2, 0.25) is 0 Å². The number of hydrogen-bond donors (Lipinski definition) is 2. The van der Waals surface area contributed by atoms with Crippen molar-refractivity contribution in [1.29, 1.82) is 0 Å². The third kappa shape index (κ3) is 3.97. The monoisotopic (exact) mass is 339 g/mol. The Morgan fingerprint density at radius 3 is 2.76 bits per heavy atom. The summed E-state index contributed by atoms with van der Waals surface area (Å²) in [6.07, 6.45) is 2.42. The second kappa shape index (κ2) is 7.63. The number of carbonyl (C=O) groups excluding carboxylic acids is 1. The molecular weight excluding hydrogens is 314 g/mol. The van der Waals surface area contributed by atoms with Crippen molar-refractivity contribution in [2.24, 2.45) is 5.84 Å². The minimum atomic E-state index is -0.321. The maximum Gasteiger partial charge on any atom is 0.266 e. The highest BCUT2D eigenvalue weighted by Gasteiger charge is 2.26. The van der Waals surface area contributed by atoms with Crippen LogP contribution in [0.2, 0.25) is 0 Å². The average molecular weight is 339 g/mol. The molecule has 1 fully saturated rings. The van der Waals surface area contributed by atoms with E-state index in [1.807, 2.05) is 6.07 Å².